The predicted molar refractivity (Wildman–Crippen MR) is 95.0 cm³/mol. The Kier molecular flexibility index (Phi) is 5.31. The van der Waals surface area contributed by atoms with Crippen molar-refractivity contribution >= 4 is 0 Å². The van der Waals surface area contributed by atoms with Crippen LogP contribution >= 0.6 is 0 Å². The first-order chi connectivity index (χ1) is 11.3. The number of ether oxygens (including phenoxy) is 1. The standard InChI is InChI=1S/C20H26N2O/c1-15(17-9-6-10-19(11-17)23-2)22-13-18-12-21-14-20(18)16-7-4-3-5-8-16/h3-11,15,18,20-22H,12-14H2,1-2H3/t15-,18+,20-/m1/s1. The fraction of sp³-hybridized carbons (Fsp3) is 0.400. The Morgan fingerprint density at radius 1 is 1.13 bits per heavy atom. The van der Waals surface area contributed by atoms with E-state index in [1.165, 1.54) is 11.1 Å². The van der Waals surface area contributed by atoms with Gasteiger partial charge in [0, 0.05) is 25.0 Å². The summed E-state index contributed by atoms with van der Waals surface area (Å²) in [6.07, 6.45) is 0. The smallest absolute Gasteiger partial charge is 0.119 e. The first-order valence-electron chi connectivity index (χ1n) is 8.41. The van der Waals surface area contributed by atoms with E-state index in [0.29, 0.717) is 17.9 Å². The zero-order valence-electron chi connectivity index (χ0n) is 14.0. The molecule has 0 aliphatic carbocycles. The second-order valence-corrected chi connectivity index (χ2v) is 6.34. The second kappa shape index (κ2) is 7.62. The van der Waals surface area contributed by atoms with Crippen LogP contribution in [0.15, 0.2) is 54.6 Å². The molecular weight excluding hydrogens is 284 g/mol. The summed E-state index contributed by atoms with van der Waals surface area (Å²) < 4.78 is 5.32. The molecule has 3 atom stereocenters. The summed E-state index contributed by atoms with van der Waals surface area (Å²) in [6.45, 7) is 5.39. The molecule has 0 saturated carbocycles. The minimum Gasteiger partial charge on any atom is -0.497 e. The van der Waals surface area contributed by atoms with Gasteiger partial charge >= 0.3 is 0 Å². The van der Waals surface area contributed by atoms with Crippen LogP contribution in [0.4, 0.5) is 0 Å². The molecule has 2 aromatic carbocycles. The Labute approximate surface area is 139 Å². The van der Waals surface area contributed by atoms with Crippen molar-refractivity contribution < 1.29 is 4.74 Å². The third kappa shape index (κ3) is 3.92. The van der Waals surface area contributed by atoms with Gasteiger partial charge in [0.2, 0.25) is 0 Å². The minimum atomic E-state index is 0.321. The van der Waals surface area contributed by atoms with Gasteiger partial charge < -0.3 is 15.4 Å². The van der Waals surface area contributed by atoms with Gasteiger partial charge in [-0.3, -0.25) is 0 Å². The van der Waals surface area contributed by atoms with E-state index in [2.05, 4.69) is 66.1 Å². The molecule has 2 aromatic rings. The van der Waals surface area contributed by atoms with E-state index in [4.69, 9.17) is 4.74 Å². The molecule has 1 saturated heterocycles. The molecule has 1 aliphatic rings. The molecule has 3 nitrogen and oxygen atoms in total. The van der Waals surface area contributed by atoms with Crippen LogP contribution in [-0.2, 0) is 0 Å². The van der Waals surface area contributed by atoms with Crippen molar-refractivity contribution in [2.24, 2.45) is 5.92 Å². The average Bonchev–Trinajstić information content (AvgIpc) is 3.09. The van der Waals surface area contributed by atoms with Gasteiger partial charge in [0.05, 0.1) is 7.11 Å². The normalized spacial score (nSPS) is 22.0. The molecule has 1 heterocycles. The lowest BCUT2D eigenvalue weighted by molar-refractivity contribution is 0.411. The fourth-order valence-corrected chi connectivity index (χ4v) is 3.39. The van der Waals surface area contributed by atoms with Crippen molar-refractivity contribution in [1.29, 1.82) is 0 Å². The maximum Gasteiger partial charge on any atom is 0.119 e. The summed E-state index contributed by atoms with van der Waals surface area (Å²) in [5, 5.41) is 7.24. The van der Waals surface area contributed by atoms with Crippen LogP contribution in [0.2, 0.25) is 0 Å². The predicted octanol–water partition coefficient (Wildman–Crippen LogP) is 3.35. The quantitative estimate of drug-likeness (QED) is 0.858. The highest BCUT2D eigenvalue weighted by molar-refractivity contribution is 5.30. The molecule has 1 fully saturated rings. The number of methoxy groups -OCH3 is 1. The van der Waals surface area contributed by atoms with E-state index in [1.807, 2.05) is 6.07 Å². The van der Waals surface area contributed by atoms with E-state index in [0.717, 1.165) is 25.4 Å². The van der Waals surface area contributed by atoms with Crippen LogP contribution in [-0.4, -0.2) is 26.7 Å². The van der Waals surface area contributed by atoms with E-state index < -0.39 is 0 Å². The van der Waals surface area contributed by atoms with Crippen LogP contribution in [0.25, 0.3) is 0 Å². The summed E-state index contributed by atoms with van der Waals surface area (Å²) >= 11 is 0. The van der Waals surface area contributed by atoms with Crippen LogP contribution in [0.3, 0.4) is 0 Å². The molecule has 2 N–H and O–H groups in total. The van der Waals surface area contributed by atoms with Crippen molar-refractivity contribution in [1.82, 2.24) is 10.6 Å². The molecule has 0 unspecified atom stereocenters. The summed E-state index contributed by atoms with van der Waals surface area (Å²) in [6, 6.07) is 19.5. The highest BCUT2D eigenvalue weighted by Crippen LogP contribution is 2.28. The molecule has 122 valence electrons. The van der Waals surface area contributed by atoms with Crippen molar-refractivity contribution in [2.75, 3.05) is 26.7 Å². The summed E-state index contributed by atoms with van der Waals surface area (Å²) in [5.41, 5.74) is 2.71. The molecule has 0 radical (unpaired) electrons. The Balaban J connectivity index is 1.60. The van der Waals surface area contributed by atoms with Crippen LogP contribution in [0.5, 0.6) is 5.75 Å². The highest BCUT2D eigenvalue weighted by atomic mass is 16.5. The van der Waals surface area contributed by atoms with Crippen molar-refractivity contribution in [3.63, 3.8) is 0 Å². The van der Waals surface area contributed by atoms with Gasteiger partial charge in [-0.2, -0.15) is 0 Å². The molecule has 23 heavy (non-hydrogen) atoms. The first kappa shape index (κ1) is 16.0. The van der Waals surface area contributed by atoms with Gasteiger partial charge in [0.15, 0.2) is 0 Å². The second-order valence-electron chi connectivity index (χ2n) is 6.34. The third-order valence-corrected chi connectivity index (χ3v) is 4.85. The number of rotatable bonds is 6. The van der Waals surface area contributed by atoms with E-state index in [9.17, 15) is 0 Å². The maximum absolute atomic E-state index is 5.32. The summed E-state index contributed by atoms with van der Waals surface area (Å²) in [5.74, 6) is 2.15. The number of benzene rings is 2. The lowest BCUT2D eigenvalue weighted by Crippen LogP contribution is -2.29. The number of hydrogen-bond donors (Lipinski definition) is 2. The molecule has 0 amide bonds. The first-order valence-corrected chi connectivity index (χ1v) is 8.41. The Morgan fingerprint density at radius 3 is 2.74 bits per heavy atom. The minimum absolute atomic E-state index is 0.321. The van der Waals surface area contributed by atoms with Gasteiger partial charge in [-0.1, -0.05) is 42.5 Å². The lowest BCUT2D eigenvalue weighted by atomic mass is 9.88. The van der Waals surface area contributed by atoms with Gasteiger partial charge in [-0.25, -0.2) is 0 Å². The maximum atomic E-state index is 5.32. The van der Waals surface area contributed by atoms with Gasteiger partial charge in [-0.15, -0.1) is 0 Å². The highest BCUT2D eigenvalue weighted by Gasteiger charge is 2.28. The van der Waals surface area contributed by atoms with E-state index >= 15 is 0 Å². The Hall–Kier alpha value is -1.84. The van der Waals surface area contributed by atoms with E-state index in [1.54, 1.807) is 7.11 Å². The molecule has 0 bridgehead atoms. The van der Waals surface area contributed by atoms with Crippen molar-refractivity contribution in [3.05, 3.63) is 65.7 Å². The SMILES string of the molecule is COc1cccc([C@@H](C)NC[C@@H]2CNC[C@@H]2c2ccccc2)c1. The Morgan fingerprint density at radius 2 is 1.96 bits per heavy atom. The molecule has 0 spiro atoms. The van der Waals surface area contributed by atoms with Crippen molar-refractivity contribution in [3.8, 4) is 5.75 Å². The van der Waals surface area contributed by atoms with Crippen LogP contribution < -0.4 is 15.4 Å². The largest absolute Gasteiger partial charge is 0.497 e. The number of nitrogens with one attached hydrogen (secondary N) is 2. The summed E-state index contributed by atoms with van der Waals surface area (Å²) in [4.78, 5) is 0. The Bertz CT molecular complexity index is 614. The average molecular weight is 310 g/mol. The lowest BCUT2D eigenvalue weighted by Gasteiger charge is -2.22. The topological polar surface area (TPSA) is 33.3 Å². The fourth-order valence-electron chi connectivity index (χ4n) is 3.39. The number of hydrogen-bond acceptors (Lipinski definition) is 3. The molecule has 1 aliphatic heterocycles. The molecule has 3 heteroatoms. The molecule has 3 rings (SSSR count). The monoisotopic (exact) mass is 310 g/mol. The molecular formula is C20H26N2O. The van der Waals surface area contributed by atoms with Crippen molar-refractivity contribution in [2.45, 2.75) is 18.9 Å². The van der Waals surface area contributed by atoms with Crippen LogP contribution in [0.1, 0.15) is 30.0 Å². The van der Waals surface area contributed by atoms with Gasteiger partial charge in [0.1, 0.15) is 5.75 Å². The van der Waals surface area contributed by atoms with Gasteiger partial charge in [0.25, 0.3) is 0 Å². The van der Waals surface area contributed by atoms with Crippen LogP contribution in [0, 0.1) is 5.92 Å². The summed E-state index contributed by atoms with van der Waals surface area (Å²) in [7, 11) is 1.71. The van der Waals surface area contributed by atoms with E-state index in [-0.39, 0.29) is 0 Å². The zero-order chi connectivity index (χ0) is 16.1. The zero-order valence-corrected chi connectivity index (χ0v) is 14.0. The van der Waals surface area contributed by atoms with Gasteiger partial charge in [-0.05, 0) is 42.6 Å². The molecule has 0 aromatic heterocycles. The third-order valence-electron chi connectivity index (χ3n) is 4.85.